The lowest BCUT2D eigenvalue weighted by atomic mass is 9.99. The Morgan fingerprint density at radius 2 is 1.76 bits per heavy atom. The van der Waals surface area contributed by atoms with Crippen molar-refractivity contribution in [1.29, 1.82) is 0 Å². The standard InChI is InChI=1S/C34H36N4O4/c1-22-4-10-31(23(2)18-22)38(27-13-16-37(17-14-27)28-8-5-26-21-35-15-12-25(26)19-28)33(39)36(3)32-11-7-24-6-9-29(20-30(24)32)42-34(40)41/h4-6,8-10,12,15,18-21,27,32H,7,11,13-14,16-17H2,1-3H3,(H,40,41). The topological polar surface area (TPSA) is 86.2 Å². The van der Waals surface area contributed by atoms with Gasteiger partial charge in [-0.05, 0) is 98.0 Å². The third-order valence-corrected chi connectivity index (χ3v) is 8.77. The van der Waals surface area contributed by atoms with Gasteiger partial charge in [-0.1, -0.05) is 29.8 Å². The summed E-state index contributed by atoms with van der Waals surface area (Å²) in [4.78, 5) is 36.1. The summed E-state index contributed by atoms with van der Waals surface area (Å²) in [5.41, 5.74) is 6.44. The molecule has 216 valence electrons. The molecule has 2 heterocycles. The van der Waals surface area contributed by atoms with E-state index in [0.717, 1.165) is 72.1 Å². The van der Waals surface area contributed by atoms with Gasteiger partial charge >= 0.3 is 12.2 Å². The van der Waals surface area contributed by atoms with Crippen LogP contribution in [0.15, 0.2) is 73.1 Å². The lowest BCUT2D eigenvalue weighted by molar-refractivity contribution is 0.144. The van der Waals surface area contributed by atoms with Gasteiger partial charge < -0.3 is 19.6 Å². The Morgan fingerprint density at radius 1 is 0.952 bits per heavy atom. The fourth-order valence-corrected chi connectivity index (χ4v) is 6.61. The maximum absolute atomic E-state index is 14.4. The molecule has 2 amide bonds. The van der Waals surface area contributed by atoms with Crippen molar-refractivity contribution in [3.63, 3.8) is 0 Å². The Balaban J connectivity index is 1.26. The largest absolute Gasteiger partial charge is 0.511 e. The molecule has 1 unspecified atom stereocenters. The van der Waals surface area contributed by atoms with Gasteiger partial charge in [0.25, 0.3) is 0 Å². The molecule has 0 bridgehead atoms. The Bertz CT molecular complexity index is 1650. The van der Waals surface area contributed by atoms with Crippen LogP contribution >= 0.6 is 0 Å². The van der Waals surface area contributed by atoms with Crippen LogP contribution in [0.3, 0.4) is 0 Å². The number of amides is 2. The molecule has 1 N–H and O–H groups in total. The minimum absolute atomic E-state index is 0.0407. The van der Waals surface area contributed by atoms with E-state index in [1.807, 2.05) is 41.4 Å². The number of carbonyl (C=O) groups is 2. The zero-order valence-electron chi connectivity index (χ0n) is 24.3. The van der Waals surface area contributed by atoms with E-state index in [1.165, 1.54) is 11.1 Å². The first kappa shape index (κ1) is 27.6. The predicted octanol–water partition coefficient (Wildman–Crippen LogP) is 7.12. The first-order valence-electron chi connectivity index (χ1n) is 14.5. The van der Waals surface area contributed by atoms with Gasteiger partial charge in [0.1, 0.15) is 5.75 Å². The summed E-state index contributed by atoms with van der Waals surface area (Å²) in [6, 6.07) is 20.0. The molecule has 0 radical (unpaired) electrons. The Labute approximate surface area is 246 Å². The zero-order valence-corrected chi connectivity index (χ0v) is 24.3. The molecule has 1 aliphatic heterocycles. The number of anilines is 2. The first-order valence-corrected chi connectivity index (χ1v) is 14.5. The number of pyridine rings is 1. The van der Waals surface area contributed by atoms with Crippen LogP contribution in [0.2, 0.25) is 0 Å². The Kier molecular flexibility index (Phi) is 7.45. The number of carbonyl (C=O) groups excluding carboxylic acids is 1. The summed E-state index contributed by atoms with van der Waals surface area (Å²) >= 11 is 0. The third-order valence-electron chi connectivity index (χ3n) is 8.77. The maximum Gasteiger partial charge on any atom is 0.511 e. The second-order valence-corrected chi connectivity index (χ2v) is 11.5. The summed E-state index contributed by atoms with van der Waals surface area (Å²) < 4.78 is 4.93. The average Bonchev–Trinajstić information content (AvgIpc) is 3.41. The Morgan fingerprint density at radius 3 is 2.52 bits per heavy atom. The molecule has 8 nitrogen and oxygen atoms in total. The normalized spacial score (nSPS) is 16.7. The number of fused-ring (bicyclic) bond motifs is 2. The molecule has 1 aromatic heterocycles. The zero-order chi connectivity index (χ0) is 29.4. The predicted molar refractivity (Wildman–Crippen MR) is 165 cm³/mol. The third kappa shape index (κ3) is 5.36. The number of nitrogens with zero attached hydrogens (tertiary/aromatic N) is 4. The van der Waals surface area contributed by atoms with E-state index in [2.05, 4.69) is 60.1 Å². The summed E-state index contributed by atoms with van der Waals surface area (Å²) in [6.45, 7) is 5.84. The molecule has 0 saturated carbocycles. The van der Waals surface area contributed by atoms with Crippen molar-refractivity contribution in [3.05, 3.63) is 95.3 Å². The van der Waals surface area contributed by atoms with Gasteiger partial charge in [0.2, 0.25) is 0 Å². The van der Waals surface area contributed by atoms with Crippen molar-refractivity contribution >= 4 is 34.3 Å². The highest BCUT2D eigenvalue weighted by Crippen LogP contribution is 2.39. The molecular weight excluding hydrogens is 528 g/mol. The molecule has 8 heteroatoms. The van der Waals surface area contributed by atoms with Crippen molar-refractivity contribution < 1.29 is 19.4 Å². The Hall–Kier alpha value is -4.59. The second kappa shape index (κ2) is 11.4. The van der Waals surface area contributed by atoms with E-state index >= 15 is 0 Å². The highest BCUT2D eigenvalue weighted by Gasteiger charge is 2.36. The summed E-state index contributed by atoms with van der Waals surface area (Å²) in [6.07, 6.45) is 5.67. The van der Waals surface area contributed by atoms with Gasteiger partial charge in [0.15, 0.2) is 0 Å². The van der Waals surface area contributed by atoms with Crippen LogP contribution in [-0.4, -0.2) is 53.4 Å². The lowest BCUT2D eigenvalue weighted by Crippen LogP contribution is -2.52. The van der Waals surface area contributed by atoms with Crippen LogP contribution in [0.25, 0.3) is 10.8 Å². The summed E-state index contributed by atoms with van der Waals surface area (Å²) in [5.74, 6) is 0.276. The summed E-state index contributed by atoms with van der Waals surface area (Å²) in [5, 5.41) is 11.4. The highest BCUT2D eigenvalue weighted by molar-refractivity contribution is 5.94. The molecule has 1 aliphatic carbocycles. The summed E-state index contributed by atoms with van der Waals surface area (Å²) in [7, 11) is 1.86. The van der Waals surface area contributed by atoms with Crippen LogP contribution < -0.4 is 14.5 Å². The van der Waals surface area contributed by atoms with E-state index in [9.17, 15) is 9.59 Å². The molecular formula is C34H36N4O4. The highest BCUT2D eigenvalue weighted by atomic mass is 16.7. The van der Waals surface area contributed by atoms with Crippen molar-refractivity contribution in [2.75, 3.05) is 29.9 Å². The van der Waals surface area contributed by atoms with E-state index in [0.29, 0.717) is 0 Å². The lowest BCUT2D eigenvalue weighted by Gasteiger charge is -2.42. The fourth-order valence-electron chi connectivity index (χ4n) is 6.61. The first-order chi connectivity index (χ1) is 20.3. The molecule has 2 aliphatic rings. The number of urea groups is 1. The van der Waals surface area contributed by atoms with E-state index < -0.39 is 6.16 Å². The van der Waals surface area contributed by atoms with Crippen LogP contribution in [0.1, 0.15) is 47.6 Å². The van der Waals surface area contributed by atoms with Gasteiger partial charge in [-0.15, -0.1) is 0 Å². The van der Waals surface area contributed by atoms with Crippen LogP contribution in [0, 0.1) is 13.8 Å². The van der Waals surface area contributed by atoms with E-state index in [4.69, 9.17) is 9.84 Å². The minimum Gasteiger partial charge on any atom is -0.449 e. The van der Waals surface area contributed by atoms with Gasteiger partial charge in [0.05, 0.1) is 6.04 Å². The van der Waals surface area contributed by atoms with Crippen LogP contribution in [0.4, 0.5) is 21.0 Å². The van der Waals surface area contributed by atoms with Crippen molar-refractivity contribution in [1.82, 2.24) is 9.88 Å². The number of rotatable bonds is 5. The number of carboxylic acid groups (broad SMARTS) is 1. The molecule has 42 heavy (non-hydrogen) atoms. The quantitative estimate of drug-likeness (QED) is 0.205. The molecule has 1 atom stereocenters. The average molecular weight is 565 g/mol. The fraction of sp³-hybridized carbons (Fsp3) is 0.324. The van der Waals surface area contributed by atoms with Gasteiger partial charge in [-0.2, -0.15) is 0 Å². The van der Waals surface area contributed by atoms with Crippen molar-refractivity contribution in [3.8, 4) is 5.75 Å². The number of piperidine rings is 1. The van der Waals surface area contributed by atoms with Crippen LogP contribution in [-0.2, 0) is 6.42 Å². The smallest absolute Gasteiger partial charge is 0.449 e. The van der Waals surface area contributed by atoms with E-state index in [-0.39, 0.29) is 23.9 Å². The number of ether oxygens (including phenoxy) is 1. The van der Waals surface area contributed by atoms with Gasteiger partial charge in [-0.3, -0.25) is 9.88 Å². The molecule has 1 fully saturated rings. The number of aryl methyl sites for hydroxylation is 3. The van der Waals surface area contributed by atoms with Crippen molar-refractivity contribution in [2.24, 2.45) is 0 Å². The molecule has 6 rings (SSSR count). The van der Waals surface area contributed by atoms with Crippen molar-refractivity contribution in [2.45, 2.75) is 51.6 Å². The monoisotopic (exact) mass is 564 g/mol. The number of hydrogen-bond acceptors (Lipinski definition) is 5. The van der Waals surface area contributed by atoms with E-state index in [1.54, 1.807) is 12.1 Å². The molecule has 0 spiro atoms. The second-order valence-electron chi connectivity index (χ2n) is 11.5. The molecule has 4 aromatic rings. The maximum atomic E-state index is 14.4. The number of benzene rings is 3. The molecule has 3 aromatic carbocycles. The number of hydrogen-bond donors (Lipinski definition) is 1. The number of aromatic nitrogens is 1. The van der Waals surface area contributed by atoms with Gasteiger partial charge in [-0.25, -0.2) is 9.59 Å². The minimum atomic E-state index is -1.35. The van der Waals surface area contributed by atoms with Crippen LogP contribution in [0.5, 0.6) is 5.75 Å². The SMILES string of the molecule is Cc1ccc(N(C(=O)N(C)C2CCc3ccc(OC(=O)O)cc32)C2CCN(c3ccc4cnccc4c3)CC2)c(C)c1. The molecule has 1 saturated heterocycles. The van der Waals surface area contributed by atoms with Gasteiger partial charge in [0, 0.05) is 55.3 Å².